The summed E-state index contributed by atoms with van der Waals surface area (Å²) in [6.07, 6.45) is 1.77. The summed E-state index contributed by atoms with van der Waals surface area (Å²) in [5.74, 6) is 0. The fourth-order valence-corrected chi connectivity index (χ4v) is 3.48. The van der Waals surface area contributed by atoms with Crippen LogP contribution in [-0.2, 0) is 4.74 Å². The van der Waals surface area contributed by atoms with Gasteiger partial charge in [0.15, 0.2) is 10.2 Å². The molecule has 7 heteroatoms. The van der Waals surface area contributed by atoms with E-state index in [1.165, 1.54) is 0 Å². The number of hydrogen-bond donors (Lipinski definition) is 2. The third-order valence-electron chi connectivity index (χ3n) is 3.32. The Morgan fingerprint density at radius 2 is 2.27 bits per heavy atom. The van der Waals surface area contributed by atoms with Crippen molar-refractivity contribution < 1.29 is 4.74 Å². The molecule has 0 saturated carbocycles. The molecule has 0 aliphatic carbocycles. The maximum absolute atomic E-state index is 5.39. The van der Waals surface area contributed by atoms with E-state index in [-0.39, 0.29) is 0 Å². The van der Waals surface area contributed by atoms with Crippen LogP contribution in [0.15, 0.2) is 30.9 Å². The van der Waals surface area contributed by atoms with Gasteiger partial charge in [0.1, 0.15) is 0 Å². The third kappa shape index (κ3) is 3.55. The molecule has 1 fully saturated rings. The van der Waals surface area contributed by atoms with E-state index >= 15 is 0 Å². The first kappa shape index (κ1) is 15.2. The lowest BCUT2D eigenvalue weighted by atomic mass is 10.3. The molecule has 1 saturated heterocycles. The molecule has 1 aromatic carbocycles. The number of thiazole rings is 1. The summed E-state index contributed by atoms with van der Waals surface area (Å²) in [5, 5.41) is 7.88. The SMILES string of the molecule is C=CCNC(=S)Nc1ccc2nc(N3CCOCC3)sc2c1. The minimum atomic E-state index is 0.595. The molecule has 0 amide bonds. The van der Waals surface area contributed by atoms with Gasteiger partial charge in [-0.15, -0.1) is 6.58 Å². The van der Waals surface area contributed by atoms with Crippen LogP contribution in [0.3, 0.4) is 0 Å². The highest BCUT2D eigenvalue weighted by atomic mass is 32.1. The van der Waals surface area contributed by atoms with Gasteiger partial charge >= 0.3 is 0 Å². The predicted octanol–water partition coefficient (Wildman–Crippen LogP) is 2.61. The van der Waals surface area contributed by atoms with Gasteiger partial charge in [0.2, 0.25) is 0 Å². The van der Waals surface area contributed by atoms with Crippen molar-refractivity contribution in [3.8, 4) is 0 Å². The van der Waals surface area contributed by atoms with Crippen LogP contribution in [0.1, 0.15) is 0 Å². The standard InChI is InChI=1S/C15H18N4OS2/c1-2-5-16-14(21)17-11-3-4-12-13(10-11)22-15(18-12)19-6-8-20-9-7-19/h2-4,10H,1,5-9H2,(H2,16,17,21). The number of rotatable bonds is 4. The van der Waals surface area contributed by atoms with E-state index in [4.69, 9.17) is 21.9 Å². The van der Waals surface area contributed by atoms with Crippen LogP contribution in [0.2, 0.25) is 0 Å². The number of anilines is 2. The Morgan fingerprint density at radius 3 is 3.05 bits per heavy atom. The summed E-state index contributed by atoms with van der Waals surface area (Å²) < 4.78 is 6.54. The molecule has 0 bridgehead atoms. The van der Waals surface area contributed by atoms with E-state index in [0.717, 1.165) is 47.3 Å². The summed E-state index contributed by atoms with van der Waals surface area (Å²) in [6.45, 7) is 7.65. The Balaban J connectivity index is 1.75. The zero-order valence-corrected chi connectivity index (χ0v) is 13.8. The molecule has 0 radical (unpaired) electrons. The fourth-order valence-electron chi connectivity index (χ4n) is 2.22. The van der Waals surface area contributed by atoms with E-state index in [1.807, 2.05) is 12.1 Å². The monoisotopic (exact) mass is 334 g/mol. The highest BCUT2D eigenvalue weighted by molar-refractivity contribution is 7.80. The van der Waals surface area contributed by atoms with E-state index in [0.29, 0.717) is 11.7 Å². The van der Waals surface area contributed by atoms with Gasteiger partial charge in [0.25, 0.3) is 0 Å². The smallest absolute Gasteiger partial charge is 0.186 e. The molecule has 2 N–H and O–H groups in total. The van der Waals surface area contributed by atoms with Crippen LogP contribution in [0, 0.1) is 0 Å². The number of aromatic nitrogens is 1. The minimum absolute atomic E-state index is 0.595. The first-order chi connectivity index (χ1) is 10.8. The summed E-state index contributed by atoms with van der Waals surface area (Å²) in [4.78, 5) is 6.98. The molecule has 0 spiro atoms. The summed E-state index contributed by atoms with van der Waals surface area (Å²) in [6, 6.07) is 6.10. The maximum atomic E-state index is 5.39. The molecule has 0 atom stereocenters. The zero-order valence-electron chi connectivity index (χ0n) is 12.2. The van der Waals surface area contributed by atoms with Crippen molar-refractivity contribution in [2.75, 3.05) is 43.1 Å². The quantitative estimate of drug-likeness (QED) is 0.662. The first-order valence-electron chi connectivity index (χ1n) is 7.15. The highest BCUT2D eigenvalue weighted by Gasteiger charge is 2.15. The van der Waals surface area contributed by atoms with Crippen LogP contribution in [0.5, 0.6) is 0 Å². The molecule has 1 aromatic heterocycles. The third-order valence-corrected chi connectivity index (χ3v) is 4.65. The van der Waals surface area contributed by atoms with Gasteiger partial charge < -0.3 is 20.3 Å². The zero-order chi connectivity index (χ0) is 15.4. The molecule has 2 heterocycles. The molecule has 3 rings (SSSR count). The second kappa shape index (κ2) is 7.04. The Kier molecular flexibility index (Phi) is 4.87. The predicted molar refractivity (Wildman–Crippen MR) is 97.1 cm³/mol. The Labute approximate surface area is 139 Å². The Morgan fingerprint density at radius 1 is 1.45 bits per heavy atom. The number of ether oxygens (including phenoxy) is 1. The largest absolute Gasteiger partial charge is 0.378 e. The summed E-state index contributed by atoms with van der Waals surface area (Å²) in [7, 11) is 0. The molecule has 5 nitrogen and oxygen atoms in total. The van der Waals surface area contributed by atoms with Gasteiger partial charge in [-0.25, -0.2) is 4.98 Å². The number of fused-ring (bicyclic) bond motifs is 1. The Hall–Kier alpha value is -1.70. The molecule has 0 unspecified atom stereocenters. The van der Waals surface area contributed by atoms with Gasteiger partial charge in [-0.3, -0.25) is 0 Å². The first-order valence-corrected chi connectivity index (χ1v) is 8.38. The average Bonchev–Trinajstić information content (AvgIpc) is 2.97. The van der Waals surface area contributed by atoms with Gasteiger partial charge in [0.05, 0.1) is 23.4 Å². The fraction of sp³-hybridized carbons (Fsp3) is 0.333. The van der Waals surface area contributed by atoms with Crippen LogP contribution in [0.4, 0.5) is 10.8 Å². The van der Waals surface area contributed by atoms with Crippen LogP contribution < -0.4 is 15.5 Å². The lowest BCUT2D eigenvalue weighted by Crippen LogP contribution is -2.36. The molecular formula is C15H18N4OS2. The number of thiocarbonyl (C=S) groups is 1. The lowest BCUT2D eigenvalue weighted by molar-refractivity contribution is 0.122. The van der Waals surface area contributed by atoms with E-state index in [2.05, 4.69) is 28.2 Å². The second-order valence-corrected chi connectivity index (χ2v) is 6.32. The van der Waals surface area contributed by atoms with Gasteiger partial charge in [-0.2, -0.15) is 0 Å². The number of benzene rings is 1. The topological polar surface area (TPSA) is 49.4 Å². The molecular weight excluding hydrogens is 316 g/mol. The molecule has 2 aromatic rings. The summed E-state index contributed by atoms with van der Waals surface area (Å²) in [5.41, 5.74) is 1.98. The minimum Gasteiger partial charge on any atom is -0.378 e. The van der Waals surface area contributed by atoms with Gasteiger partial charge in [0, 0.05) is 25.3 Å². The van der Waals surface area contributed by atoms with Crippen LogP contribution in [-0.4, -0.2) is 42.9 Å². The van der Waals surface area contributed by atoms with Crippen molar-refractivity contribution in [2.24, 2.45) is 0 Å². The van der Waals surface area contributed by atoms with E-state index in [9.17, 15) is 0 Å². The lowest BCUT2D eigenvalue weighted by Gasteiger charge is -2.25. The number of morpholine rings is 1. The average molecular weight is 334 g/mol. The number of nitrogens with zero attached hydrogens (tertiary/aromatic N) is 2. The molecule has 1 aliphatic heterocycles. The van der Waals surface area contributed by atoms with Crippen LogP contribution in [0.25, 0.3) is 10.2 Å². The number of nitrogens with one attached hydrogen (secondary N) is 2. The van der Waals surface area contributed by atoms with Crippen molar-refractivity contribution in [1.82, 2.24) is 10.3 Å². The van der Waals surface area contributed by atoms with Crippen molar-refractivity contribution >= 4 is 49.7 Å². The molecule has 22 heavy (non-hydrogen) atoms. The summed E-state index contributed by atoms with van der Waals surface area (Å²) >= 11 is 6.93. The second-order valence-electron chi connectivity index (χ2n) is 4.90. The van der Waals surface area contributed by atoms with E-state index < -0.39 is 0 Å². The van der Waals surface area contributed by atoms with Crippen molar-refractivity contribution in [3.63, 3.8) is 0 Å². The number of hydrogen-bond acceptors (Lipinski definition) is 5. The van der Waals surface area contributed by atoms with Gasteiger partial charge in [-0.05, 0) is 30.4 Å². The van der Waals surface area contributed by atoms with Crippen molar-refractivity contribution in [3.05, 3.63) is 30.9 Å². The normalized spacial score (nSPS) is 14.8. The maximum Gasteiger partial charge on any atom is 0.186 e. The molecule has 1 aliphatic rings. The highest BCUT2D eigenvalue weighted by Crippen LogP contribution is 2.31. The van der Waals surface area contributed by atoms with E-state index in [1.54, 1.807) is 17.4 Å². The molecule has 116 valence electrons. The van der Waals surface area contributed by atoms with Crippen molar-refractivity contribution in [1.29, 1.82) is 0 Å². The van der Waals surface area contributed by atoms with Gasteiger partial charge in [-0.1, -0.05) is 17.4 Å². The van der Waals surface area contributed by atoms with Crippen molar-refractivity contribution in [2.45, 2.75) is 0 Å². The Bertz CT molecular complexity index is 679. The van der Waals surface area contributed by atoms with Crippen LogP contribution >= 0.6 is 23.6 Å².